The highest BCUT2D eigenvalue weighted by Crippen LogP contribution is 2.40. The van der Waals surface area contributed by atoms with Crippen LogP contribution in [0.4, 0.5) is 10.8 Å². The fourth-order valence-corrected chi connectivity index (χ4v) is 5.14. The van der Waals surface area contributed by atoms with Gasteiger partial charge in [-0.05, 0) is 43.5 Å². The van der Waals surface area contributed by atoms with Crippen molar-refractivity contribution in [2.24, 2.45) is 0 Å². The Labute approximate surface area is 144 Å². The summed E-state index contributed by atoms with van der Waals surface area (Å²) in [6, 6.07) is 6.65. The lowest BCUT2D eigenvalue weighted by Crippen LogP contribution is -2.25. The molecule has 1 aromatic heterocycles. The number of anilines is 2. The number of benzene rings is 1. The van der Waals surface area contributed by atoms with Gasteiger partial charge in [0.05, 0.1) is 17.1 Å². The molecule has 1 aliphatic heterocycles. The monoisotopic (exact) mass is 363 g/mol. The predicted molar refractivity (Wildman–Crippen MR) is 94.2 cm³/mol. The van der Waals surface area contributed by atoms with Crippen LogP contribution in [0.3, 0.4) is 0 Å². The molecule has 0 spiro atoms. The van der Waals surface area contributed by atoms with Crippen molar-refractivity contribution in [3.05, 3.63) is 40.9 Å². The van der Waals surface area contributed by atoms with Gasteiger partial charge < -0.3 is 0 Å². The molecule has 2 heterocycles. The Kier molecular flexibility index (Phi) is 3.80. The van der Waals surface area contributed by atoms with E-state index in [0.29, 0.717) is 35.3 Å². The van der Waals surface area contributed by atoms with Crippen LogP contribution in [-0.4, -0.2) is 31.6 Å². The van der Waals surface area contributed by atoms with Gasteiger partial charge in [0.2, 0.25) is 10.0 Å². The van der Waals surface area contributed by atoms with Crippen LogP contribution in [0.1, 0.15) is 41.2 Å². The standard InChI is InChI=1S/C16H17N3O3S2/c20-15(18-16-17-14(10-23-16)11-2-3-11)12-4-6-13(7-5-12)19-8-1-9-24(19,21)22/h4-7,10-11H,1-3,8-9H2,(H,17,18,20). The maximum absolute atomic E-state index is 12.3. The van der Waals surface area contributed by atoms with E-state index in [1.807, 2.05) is 5.38 Å². The first-order chi connectivity index (χ1) is 11.5. The molecule has 1 N–H and O–H groups in total. The zero-order valence-electron chi connectivity index (χ0n) is 12.9. The molecule has 1 aliphatic carbocycles. The average molecular weight is 363 g/mol. The third-order valence-corrected chi connectivity index (χ3v) is 6.90. The Morgan fingerprint density at radius 3 is 2.62 bits per heavy atom. The quantitative estimate of drug-likeness (QED) is 0.906. The van der Waals surface area contributed by atoms with E-state index < -0.39 is 10.0 Å². The zero-order valence-corrected chi connectivity index (χ0v) is 14.6. The van der Waals surface area contributed by atoms with Crippen molar-refractivity contribution < 1.29 is 13.2 Å². The average Bonchev–Trinajstić information content (AvgIpc) is 3.21. The fourth-order valence-electron chi connectivity index (χ4n) is 2.79. The number of nitrogens with one attached hydrogen (secondary N) is 1. The molecule has 126 valence electrons. The molecule has 8 heteroatoms. The summed E-state index contributed by atoms with van der Waals surface area (Å²) in [4.78, 5) is 16.7. The fraction of sp³-hybridized carbons (Fsp3) is 0.375. The van der Waals surface area contributed by atoms with Crippen LogP contribution in [-0.2, 0) is 10.0 Å². The van der Waals surface area contributed by atoms with Crippen molar-refractivity contribution in [1.82, 2.24) is 4.98 Å². The lowest BCUT2D eigenvalue weighted by molar-refractivity contribution is 0.102. The van der Waals surface area contributed by atoms with Crippen molar-refractivity contribution in [1.29, 1.82) is 0 Å². The minimum absolute atomic E-state index is 0.183. The van der Waals surface area contributed by atoms with E-state index in [4.69, 9.17) is 0 Å². The van der Waals surface area contributed by atoms with Gasteiger partial charge in [-0.25, -0.2) is 13.4 Å². The second-order valence-corrected chi connectivity index (χ2v) is 8.97. The van der Waals surface area contributed by atoms with Gasteiger partial charge in [-0.3, -0.25) is 14.4 Å². The molecule has 0 radical (unpaired) electrons. The minimum Gasteiger partial charge on any atom is -0.298 e. The number of rotatable bonds is 4. The van der Waals surface area contributed by atoms with E-state index in [0.717, 1.165) is 5.69 Å². The van der Waals surface area contributed by atoms with Crippen LogP contribution < -0.4 is 9.62 Å². The van der Waals surface area contributed by atoms with Gasteiger partial charge in [0.25, 0.3) is 5.91 Å². The normalized spacial score (nSPS) is 19.4. The summed E-state index contributed by atoms with van der Waals surface area (Å²) in [5.74, 6) is 0.513. The second-order valence-electron chi connectivity index (χ2n) is 6.09. The van der Waals surface area contributed by atoms with Crippen LogP contribution in [0.25, 0.3) is 0 Å². The number of hydrogen-bond donors (Lipinski definition) is 1. The van der Waals surface area contributed by atoms with Gasteiger partial charge >= 0.3 is 0 Å². The Morgan fingerprint density at radius 1 is 1.25 bits per heavy atom. The molecule has 1 saturated carbocycles. The third kappa shape index (κ3) is 3.03. The number of thiazole rings is 1. The van der Waals surface area contributed by atoms with Crippen LogP contribution >= 0.6 is 11.3 Å². The highest BCUT2D eigenvalue weighted by Gasteiger charge is 2.28. The maximum atomic E-state index is 12.3. The topological polar surface area (TPSA) is 79.4 Å². The van der Waals surface area contributed by atoms with Crippen molar-refractivity contribution in [3.63, 3.8) is 0 Å². The van der Waals surface area contributed by atoms with Crippen molar-refractivity contribution >= 4 is 38.1 Å². The Bertz CT molecular complexity index is 870. The summed E-state index contributed by atoms with van der Waals surface area (Å²) >= 11 is 1.43. The summed E-state index contributed by atoms with van der Waals surface area (Å²) in [6.07, 6.45) is 2.99. The number of carbonyl (C=O) groups is 1. The van der Waals surface area contributed by atoms with Gasteiger partial charge in [-0.1, -0.05) is 0 Å². The van der Waals surface area contributed by atoms with Crippen LogP contribution in [0.2, 0.25) is 0 Å². The molecule has 1 saturated heterocycles. The Balaban J connectivity index is 1.46. The number of hydrogen-bond acceptors (Lipinski definition) is 5. The largest absolute Gasteiger partial charge is 0.298 e. The van der Waals surface area contributed by atoms with E-state index in [1.165, 1.54) is 28.5 Å². The number of carbonyl (C=O) groups excluding carboxylic acids is 1. The van der Waals surface area contributed by atoms with Crippen LogP contribution in [0.15, 0.2) is 29.6 Å². The molecule has 1 amide bonds. The van der Waals surface area contributed by atoms with Gasteiger partial charge in [-0.2, -0.15) is 0 Å². The number of aromatic nitrogens is 1. The minimum atomic E-state index is -3.20. The number of sulfonamides is 1. The first kappa shape index (κ1) is 15.6. The molecule has 2 aliphatic rings. The van der Waals surface area contributed by atoms with E-state index >= 15 is 0 Å². The van der Waals surface area contributed by atoms with Crippen molar-refractivity contribution in [2.45, 2.75) is 25.2 Å². The molecular formula is C16H17N3O3S2. The zero-order chi connectivity index (χ0) is 16.7. The summed E-state index contributed by atoms with van der Waals surface area (Å²) in [5, 5.41) is 5.40. The summed E-state index contributed by atoms with van der Waals surface area (Å²) in [5.41, 5.74) is 2.15. The lowest BCUT2D eigenvalue weighted by Gasteiger charge is -2.16. The van der Waals surface area contributed by atoms with Crippen LogP contribution in [0, 0.1) is 0 Å². The molecule has 0 bridgehead atoms. The predicted octanol–water partition coefficient (Wildman–Crippen LogP) is 2.81. The smallest absolute Gasteiger partial charge is 0.257 e. The first-order valence-electron chi connectivity index (χ1n) is 7.90. The molecule has 4 rings (SSSR count). The van der Waals surface area contributed by atoms with Gasteiger partial charge in [0, 0.05) is 23.4 Å². The number of amides is 1. The number of nitrogens with zero attached hydrogens (tertiary/aromatic N) is 2. The molecule has 2 aromatic rings. The van der Waals surface area contributed by atoms with Gasteiger partial charge in [-0.15, -0.1) is 11.3 Å². The molecule has 6 nitrogen and oxygen atoms in total. The van der Waals surface area contributed by atoms with E-state index in [1.54, 1.807) is 24.3 Å². The summed E-state index contributed by atoms with van der Waals surface area (Å²) in [6.45, 7) is 0.497. The molecule has 24 heavy (non-hydrogen) atoms. The highest BCUT2D eigenvalue weighted by molar-refractivity contribution is 7.93. The van der Waals surface area contributed by atoms with E-state index in [-0.39, 0.29) is 11.7 Å². The molecule has 2 fully saturated rings. The van der Waals surface area contributed by atoms with Crippen LogP contribution in [0.5, 0.6) is 0 Å². The van der Waals surface area contributed by atoms with Crippen molar-refractivity contribution in [3.8, 4) is 0 Å². The lowest BCUT2D eigenvalue weighted by atomic mass is 10.2. The van der Waals surface area contributed by atoms with Gasteiger partial charge in [0.1, 0.15) is 0 Å². The van der Waals surface area contributed by atoms with Crippen molar-refractivity contribution in [2.75, 3.05) is 21.9 Å². The second kappa shape index (κ2) is 5.86. The molecule has 1 aromatic carbocycles. The summed E-state index contributed by atoms with van der Waals surface area (Å²) in [7, 11) is -3.20. The van der Waals surface area contributed by atoms with E-state index in [9.17, 15) is 13.2 Å². The highest BCUT2D eigenvalue weighted by atomic mass is 32.2. The maximum Gasteiger partial charge on any atom is 0.257 e. The molecular weight excluding hydrogens is 346 g/mol. The first-order valence-corrected chi connectivity index (χ1v) is 10.4. The van der Waals surface area contributed by atoms with E-state index in [2.05, 4.69) is 10.3 Å². The third-order valence-electron chi connectivity index (χ3n) is 4.25. The molecule has 0 unspecified atom stereocenters. The molecule has 0 atom stereocenters. The summed E-state index contributed by atoms with van der Waals surface area (Å²) < 4.78 is 25.2. The SMILES string of the molecule is O=C(Nc1nc(C2CC2)cs1)c1ccc(N2CCCS2(=O)=O)cc1. The Hall–Kier alpha value is -1.93. The Morgan fingerprint density at radius 2 is 2.00 bits per heavy atom. The van der Waals surface area contributed by atoms with Gasteiger partial charge in [0.15, 0.2) is 5.13 Å².